The van der Waals surface area contributed by atoms with Crippen LogP contribution in [0.4, 0.5) is 10.1 Å². The zero-order chi connectivity index (χ0) is 14.8. The first kappa shape index (κ1) is 14.1. The first-order valence-electron chi connectivity index (χ1n) is 6.87. The second-order valence-corrected chi connectivity index (χ2v) is 5.69. The standard InChI is InChI=1S/C17H15BrFNO/c1-2-16-13(12-5-3-4-6-17(12)21-16)10-20-15-9-11(19)7-8-14(15)18/h3-9,20H,2,10H2,1H3. The molecule has 0 aliphatic carbocycles. The number of benzene rings is 2. The molecular formula is C17H15BrFNO. The molecule has 0 saturated carbocycles. The van der Waals surface area contributed by atoms with Crippen LogP contribution in [-0.4, -0.2) is 0 Å². The summed E-state index contributed by atoms with van der Waals surface area (Å²) in [6.45, 7) is 2.67. The van der Waals surface area contributed by atoms with E-state index < -0.39 is 0 Å². The molecule has 3 rings (SSSR count). The van der Waals surface area contributed by atoms with E-state index >= 15 is 0 Å². The molecule has 0 atom stereocenters. The molecule has 0 aliphatic rings. The Kier molecular flexibility index (Phi) is 3.97. The van der Waals surface area contributed by atoms with Gasteiger partial charge in [-0.15, -0.1) is 0 Å². The highest BCUT2D eigenvalue weighted by atomic mass is 79.9. The van der Waals surface area contributed by atoms with Crippen LogP contribution in [0.3, 0.4) is 0 Å². The maximum Gasteiger partial charge on any atom is 0.134 e. The maximum absolute atomic E-state index is 13.3. The minimum atomic E-state index is -0.256. The fourth-order valence-corrected chi connectivity index (χ4v) is 2.83. The molecule has 1 N–H and O–H groups in total. The smallest absolute Gasteiger partial charge is 0.134 e. The lowest BCUT2D eigenvalue weighted by Gasteiger charge is -2.09. The Balaban J connectivity index is 1.93. The Morgan fingerprint density at radius 3 is 2.81 bits per heavy atom. The molecule has 0 amide bonds. The molecule has 0 spiro atoms. The van der Waals surface area contributed by atoms with Crippen molar-refractivity contribution in [1.29, 1.82) is 0 Å². The normalized spacial score (nSPS) is 11.0. The number of aryl methyl sites for hydroxylation is 1. The van der Waals surface area contributed by atoms with E-state index in [9.17, 15) is 4.39 Å². The molecular weight excluding hydrogens is 333 g/mol. The highest BCUT2D eigenvalue weighted by Crippen LogP contribution is 2.29. The zero-order valence-electron chi connectivity index (χ0n) is 11.6. The zero-order valence-corrected chi connectivity index (χ0v) is 13.2. The predicted octanol–water partition coefficient (Wildman–Crippen LogP) is 5.51. The second-order valence-electron chi connectivity index (χ2n) is 4.83. The van der Waals surface area contributed by atoms with E-state index in [4.69, 9.17) is 4.42 Å². The Morgan fingerprint density at radius 1 is 1.19 bits per heavy atom. The largest absolute Gasteiger partial charge is 0.461 e. The average molecular weight is 348 g/mol. The van der Waals surface area contributed by atoms with Gasteiger partial charge in [0, 0.05) is 28.4 Å². The lowest BCUT2D eigenvalue weighted by molar-refractivity contribution is 0.551. The maximum atomic E-state index is 13.3. The summed E-state index contributed by atoms with van der Waals surface area (Å²) in [5.74, 6) is 0.713. The summed E-state index contributed by atoms with van der Waals surface area (Å²) in [6.07, 6.45) is 0.829. The highest BCUT2D eigenvalue weighted by Gasteiger charge is 2.12. The van der Waals surface area contributed by atoms with Gasteiger partial charge in [-0.1, -0.05) is 25.1 Å². The van der Waals surface area contributed by atoms with E-state index in [1.54, 1.807) is 6.07 Å². The van der Waals surface area contributed by atoms with E-state index in [1.165, 1.54) is 12.1 Å². The number of hydrogen-bond acceptors (Lipinski definition) is 2. The SMILES string of the molecule is CCc1oc2ccccc2c1CNc1cc(F)ccc1Br. The summed E-state index contributed by atoms with van der Waals surface area (Å²) in [5.41, 5.74) is 2.76. The van der Waals surface area contributed by atoms with Crippen molar-refractivity contribution >= 4 is 32.6 Å². The van der Waals surface area contributed by atoms with Crippen molar-refractivity contribution in [1.82, 2.24) is 0 Å². The van der Waals surface area contributed by atoms with Gasteiger partial charge in [0.15, 0.2) is 0 Å². The molecule has 2 aromatic carbocycles. The van der Waals surface area contributed by atoms with Crippen LogP contribution in [0.1, 0.15) is 18.2 Å². The first-order valence-corrected chi connectivity index (χ1v) is 7.66. The first-order chi connectivity index (χ1) is 10.2. The highest BCUT2D eigenvalue weighted by molar-refractivity contribution is 9.10. The monoisotopic (exact) mass is 347 g/mol. The van der Waals surface area contributed by atoms with Crippen molar-refractivity contribution < 1.29 is 8.81 Å². The van der Waals surface area contributed by atoms with Gasteiger partial charge in [-0.25, -0.2) is 4.39 Å². The summed E-state index contributed by atoms with van der Waals surface area (Å²) in [7, 11) is 0. The van der Waals surface area contributed by atoms with Gasteiger partial charge in [0.05, 0.1) is 5.69 Å². The fourth-order valence-electron chi connectivity index (χ4n) is 2.45. The Morgan fingerprint density at radius 2 is 2.00 bits per heavy atom. The molecule has 1 aromatic heterocycles. The van der Waals surface area contributed by atoms with Crippen LogP contribution in [0.5, 0.6) is 0 Å². The number of fused-ring (bicyclic) bond motifs is 1. The van der Waals surface area contributed by atoms with Crippen molar-refractivity contribution in [2.75, 3.05) is 5.32 Å². The van der Waals surface area contributed by atoms with Crippen LogP contribution in [0.2, 0.25) is 0 Å². The van der Waals surface area contributed by atoms with E-state index in [0.717, 1.165) is 38.9 Å². The molecule has 0 fully saturated rings. The van der Waals surface area contributed by atoms with Crippen LogP contribution >= 0.6 is 15.9 Å². The third-order valence-corrected chi connectivity index (χ3v) is 4.18. The number of para-hydroxylation sites is 1. The van der Waals surface area contributed by atoms with Crippen molar-refractivity contribution in [2.45, 2.75) is 19.9 Å². The summed E-state index contributed by atoms with van der Waals surface area (Å²) < 4.78 is 20.0. The number of rotatable bonds is 4. The van der Waals surface area contributed by atoms with Crippen molar-refractivity contribution in [3.63, 3.8) is 0 Å². The summed E-state index contributed by atoms with van der Waals surface area (Å²) in [4.78, 5) is 0. The Labute approximate surface area is 131 Å². The van der Waals surface area contributed by atoms with E-state index in [-0.39, 0.29) is 5.82 Å². The molecule has 0 bridgehead atoms. The van der Waals surface area contributed by atoms with E-state index in [1.807, 2.05) is 18.2 Å². The Hall–Kier alpha value is -1.81. The van der Waals surface area contributed by atoms with Gasteiger partial charge >= 0.3 is 0 Å². The van der Waals surface area contributed by atoms with Gasteiger partial charge in [-0.3, -0.25) is 0 Å². The molecule has 0 aliphatic heterocycles. The molecule has 2 nitrogen and oxygen atoms in total. The topological polar surface area (TPSA) is 25.2 Å². The summed E-state index contributed by atoms with van der Waals surface area (Å²) in [6, 6.07) is 12.6. The lowest BCUT2D eigenvalue weighted by Crippen LogP contribution is -2.02. The lowest BCUT2D eigenvalue weighted by atomic mass is 10.1. The molecule has 1 heterocycles. The average Bonchev–Trinajstić information content (AvgIpc) is 2.86. The molecule has 3 aromatic rings. The summed E-state index contributed by atoms with van der Waals surface area (Å²) >= 11 is 3.43. The molecule has 21 heavy (non-hydrogen) atoms. The molecule has 4 heteroatoms. The van der Waals surface area contributed by atoms with Crippen LogP contribution in [0, 0.1) is 5.82 Å². The predicted molar refractivity (Wildman–Crippen MR) is 87.0 cm³/mol. The van der Waals surface area contributed by atoms with Crippen molar-refractivity contribution in [3.05, 3.63) is 64.1 Å². The van der Waals surface area contributed by atoms with Gasteiger partial charge in [-0.05, 0) is 40.2 Å². The number of halogens is 2. The quantitative estimate of drug-likeness (QED) is 0.673. The van der Waals surface area contributed by atoms with Crippen LogP contribution < -0.4 is 5.32 Å². The molecule has 108 valence electrons. The molecule has 0 saturated heterocycles. The number of anilines is 1. The van der Waals surface area contributed by atoms with Gasteiger partial charge in [-0.2, -0.15) is 0 Å². The summed E-state index contributed by atoms with van der Waals surface area (Å²) in [5, 5.41) is 4.38. The number of furan rings is 1. The van der Waals surface area contributed by atoms with E-state index in [2.05, 4.69) is 34.2 Å². The number of hydrogen-bond donors (Lipinski definition) is 1. The van der Waals surface area contributed by atoms with Gasteiger partial charge < -0.3 is 9.73 Å². The third-order valence-electron chi connectivity index (χ3n) is 3.49. The second kappa shape index (κ2) is 5.90. The Bertz CT molecular complexity index is 782. The van der Waals surface area contributed by atoms with E-state index in [0.29, 0.717) is 6.54 Å². The minimum Gasteiger partial charge on any atom is -0.461 e. The third kappa shape index (κ3) is 2.81. The minimum absolute atomic E-state index is 0.256. The molecule has 0 radical (unpaired) electrons. The van der Waals surface area contributed by atoms with Gasteiger partial charge in [0.2, 0.25) is 0 Å². The molecule has 0 unspecified atom stereocenters. The van der Waals surface area contributed by atoms with Crippen LogP contribution in [0.15, 0.2) is 51.4 Å². The van der Waals surface area contributed by atoms with Crippen LogP contribution in [-0.2, 0) is 13.0 Å². The van der Waals surface area contributed by atoms with Crippen molar-refractivity contribution in [3.8, 4) is 0 Å². The van der Waals surface area contributed by atoms with Gasteiger partial charge in [0.1, 0.15) is 17.2 Å². The fraction of sp³-hybridized carbons (Fsp3) is 0.176. The van der Waals surface area contributed by atoms with Gasteiger partial charge in [0.25, 0.3) is 0 Å². The van der Waals surface area contributed by atoms with Crippen LogP contribution in [0.25, 0.3) is 11.0 Å². The van der Waals surface area contributed by atoms with Crippen molar-refractivity contribution in [2.24, 2.45) is 0 Å². The number of nitrogens with one attached hydrogen (secondary N) is 1.